The minimum atomic E-state index is 0. The average Bonchev–Trinajstić information content (AvgIpc) is 2.89. The summed E-state index contributed by atoms with van der Waals surface area (Å²) >= 11 is 5.94. The summed E-state index contributed by atoms with van der Waals surface area (Å²) in [5.41, 5.74) is 1.13. The normalized spacial score (nSPS) is 12.2. The molecule has 1 unspecified atom stereocenters. The first kappa shape index (κ1) is 21.4. The largest absolute Gasteiger partial charge is 0.353 e. The van der Waals surface area contributed by atoms with Gasteiger partial charge in [-0.25, -0.2) is 4.99 Å². The van der Waals surface area contributed by atoms with Crippen LogP contribution in [0.2, 0.25) is 5.02 Å². The first-order chi connectivity index (χ1) is 11.5. The molecule has 25 heavy (non-hydrogen) atoms. The molecule has 2 aromatic rings. The number of benzene rings is 1. The predicted molar refractivity (Wildman–Crippen MR) is 113 cm³/mol. The van der Waals surface area contributed by atoms with E-state index < -0.39 is 0 Å². The monoisotopic (exact) mass is 474 g/mol. The number of hydrogen-bond acceptors (Lipinski definition) is 3. The Hall–Kier alpha value is -1.61. The third kappa shape index (κ3) is 6.32. The summed E-state index contributed by atoms with van der Waals surface area (Å²) in [6.07, 6.45) is 1.79. The molecule has 0 bridgehead atoms. The van der Waals surface area contributed by atoms with Gasteiger partial charge in [0, 0.05) is 18.6 Å². The third-order valence-corrected chi connectivity index (χ3v) is 3.95. The Morgan fingerprint density at radius 1 is 1.36 bits per heavy atom. The van der Waals surface area contributed by atoms with Crippen molar-refractivity contribution in [1.29, 1.82) is 0 Å². The molecule has 1 heterocycles. The van der Waals surface area contributed by atoms with Crippen LogP contribution in [0.4, 0.5) is 0 Å². The van der Waals surface area contributed by atoms with Crippen molar-refractivity contribution in [2.45, 2.75) is 26.4 Å². The van der Waals surface area contributed by atoms with Gasteiger partial charge in [0.25, 0.3) is 0 Å². The molecule has 2 N–H and O–H groups in total. The highest BCUT2D eigenvalue weighted by Gasteiger charge is 2.09. The Kier molecular flexibility index (Phi) is 8.91. The van der Waals surface area contributed by atoms with Crippen LogP contribution in [0.1, 0.15) is 30.2 Å². The van der Waals surface area contributed by atoms with Crippen molar-refractivity contribution in [1.82, 2.24) is 25.4 Å². The van der Waals surface area contributed by atoms with Gasteiger partial charge in [-0.05, 0) is 31.5 Å². The highest BCUT2D eigenvalue weighted by Crippen LogP contribution is 2.15. The molecule has 1 atom stereocenters. The maximum Gasteiger partial charge on any atom is 0.192 e. The lowest BCUT2D eigenvalue weighted by Gasteiger charge is -2.18. The van der Waals surface area contributed by atoms with E-state index in [4.69, 9.17) is 11.6 Å². The number of aryl methyl sites for hydroxylation is 1. The first-order valence-electron chi connectivity index (χ1n) is 7.77. The van der Waals surface area contributed by atoms with E-state index in [2.05, 4.69) is 39.3 Å². The fourth-order valence-electron chi connectivity index (χ4n) is 2.10. The van der Waals surface area contributed by atoms with E-state index in [0.717, 1.165) is 22.2 Å². The van der Waals surface area contributed by atoms with Crippen molar-refractivity contribution in [3.63, 3.8) is 0 Å². The van der Waals surface area contributed by atoms with E-state index in [1.807, 2.05) is 42.8 Å². The predicted octanol–water partition coefficient (Wildman–Crippen LogP) is 3.38. The van der Waals surface area contributed by atoms with Gasteiger partial charge in [-0.1, -0.05) is 29.8 Å². The molecule has 0 saturated carbocycles. The van der Waals surface area contributed by atoms with Crippen molar-refractivity contribution in [3.05, 3.63) is 59.2 Å². The molecule has 0 fully saturated rings. The van der Waals surface area contributed by atoms with Gasteiger partial charge in [0.2, 0.25) is 0 Å². The minimum absolute atomic E-state index is 0. The van der Waals surface area contributed by atoms with Crippen LogP contribution < -0.4 is 10.6 Å². The van der Waals surface area contributed by atoms with Crippen LogP contribution in [0.3, 0.4) is 0 Å². The van der Waals surface area contributed by atoms with Gasteiger partial charge in [-0.3, -0.25) is 0 Å². The average molecular weight is 475 g/mol. The summed E-state index contributed by atoms with van der Waals surface area (Å²) in [6.45, 7) is 8.78. The zero-order valence-electron chi connectivity index (χ0n) is 14.7. The molecule has 6 nitrogen and oxygen atoms in total. The van der Waals surface area contributed by atoms with Crippen molar-refractivity contribution in [2.75, 3.05) is 6.54 Å². The highest BCUT2D eigenvalue weighted by molar-refractivity contribution is 14.0. The topological polar surface area (TPSA) is 67.1 Å². The molecule has 0 radical (unpaired) electrons. The quantitative estimate of drug-likeness (QED) is 0.292. The molecular formula is C17H24ClIN6. The van der Waals surface area contributed by atoms with Crippen molar-refractivity contribution >= 4 is 41.5 Å². The second kappa shape index (κ2) is 10.4. The van der Waals surface area contributed by atoms with Gasteiger partial charge >= 0.3 is 0 Å². The van der Waals surface area contributed by atoms with Crippen LogP contribution in [0.25, 0.3) is 0 Å². The zero-order valence-corrected chi connectivity index (χ0v) is 17.7. The van der Waals surface area contributed by atoms with E-state index in [0.29, 0.717) is 19.0 Å². The fourth-order valence-corrected chi connectivity index (χ4v) is 2.23. The molecule has 0 amide bonds. The van der Waals surface area contributed by atoms with Gasteiger partial charge in [0.1, 0.15) is 12.4 Å². The number of nitrogens with zero attached hydrogens (tertiary/aromatic N) is 4. The summed E-state index contributed by atoms with van der Waals surface area (Å²) in [6, 6.07) is 7.84. The second-order valence-electron chi connectivity index (χ2n) is 5.47. The van der Waals surface area contributed by atoms with Crippen molar-refractivity contribution in [3.8, 4) is 0 Å². The Morgan fingerprint density at radius 3 is 2.60 bits per heavy atom. The van der Waals surface area contributed by atoms with Gasteiger partial charge in [0.15, 0.2) is 11.8 Å². The van der Waals surface area contributed by atoms with Crippen LogP contribution in [-0.4, -0.2) is 27.3 Å². The van der Waals surface area contributed by atoms with E-state index in [1.165, 1.54) is 0 Å². The summed E-state index contributed by atoms with van der Waals surface area (Å²) < 4.78 is 1.93. The van der Waals surface area contributed by atoms with E-state index in [9.17, 15) is 0 Å². The van der Waals surface area contributed by atoms with E-state index in [-0.39, 0.29) is 30.0 Å². The Bertz CT molecular complexity index is 710. The third-order valence-electron chi connectivity index (χ3n) is 3.70. The number of hydrogen-bond donors (Lipinski definition) is 2. The summed E-state index contributed by atoms with van der Waals surface area (Å²) in [5.74, 6) is 2.37. The number of nitrogens with one attached hydrogen (secondary N) is 2. The molecule has 1 aromatic heterocycles. The molecule has 2 rings (SSSR count). The van der Waals surface area contributed by atoms with Crippen molar-refractivity contribution < 1.29 is 0 Å². The molecule has 0 spiro atoms. The van der Waals surface area contributed by atoms with Crippen molar-refractivity contribution in [2.24, 2.45) is 12.0 Å². The van der Waals surface area contributed by atoms with Gasteiger partial charge in [-0.2, -0.15) is 0 Å². The van der Waals surface area contributed by atoms with Crippen LogP contribution >= 0.6 is 35.6 Å². The molecule has 0 saturated heterocycles. The Balaban J connectivity index is 0.00000312. The number of halogens is 2. The summed E-state index contributed by atoms with van der Waals surface area (Å²) in [5, 5.41) is 15.5. The summed E-state index contributed by atoms with van der Waals surface area (Å²) in [7, 11) is 1.93. The maximum absolute atomic E-state index is 5.94. The standard InChI is InChI=1S/C17H23ClN6.HI/c1-5-10-19-17(20-11-16-23-22-13(3)24(16)4)21-12(2)14-6-8-15(18)9-7-14;/h5-9,12H,1,10-11H2,2-4H3,(H2,19,20,21);1H. The summed E-state index contributed by atoms with van der Waals surface area (Å²) in [4.78, 5) is 4.59. The molecule has 0 aliphatic heterocycles. The number of aliphatic imine (C=N–C) groups is 1. The van der Waals surface area contributed by atoms with E-state index in [1.54, 1.807) is 6.08 Å². The lowest BCUT2D eigenvalue weighted by atomic mass is 10.1. The number of guanidine groups is 1. The zero-order chi connectivity index (χ0) is 17.5. The molecular weight excluding hydrogens is 451 g/mol. The molecule has 0 aliphatic carbocycles. The highest BCUT2D eigenvalue weighted by atomic mass is 127. The smallest absolute Gasteiger partial charge is 0.192 e. The number of rotatable bonds is 6. The Morgan fingerprint density at radius 2 is 2.04 bits per heavy atom. The second-order valence-corrected chi connectivity index (χ2v) is 5.91. The van der Waals surface area contributed by atoms with Crippen LogP contribution in [0.5, 0.6) is 0 Å². The van der Waals surface area contributed by atoms with Crippen LogP contribution in [0, 0.1) is 6.92 Å². The lowest BCUT2D eigenvalue weighted by molar-refractivity contribution is 0.685. The van der Waals surface area contributed by atoms with Gasteiger partial charge in [-0.15, -0.1) is 40.8 Å². The van der Waals surface area contributed by atoms with E-state index >= 15 is 0 Å². The number of aromatic nitrogens is 3. The van der Waals surface area contributed by atoms with Gasteiger partial charge < -0.3 is 15.2 Å². The van der Waals surface area contributed by atoms with Crippen LogP contribution in [0.15, 0.2) is 41.9 Å². The maximum atomic E-state index is 5.94. The lowest BCUT2D eigenvalue weighted by Crippen LogP contribution is -2.39. The molecule has 0 aliphatic rings. The van der Waals surface area contributed by atoms with Gasteiger partial charge in [0.05, 0.1) is 6.04 Å². The molecule has 1 aromatic carbocycles. The minimum Gasteiger partial charge on any atom is -0.353 e. The fraction of sp³-hybridized carbons (Fsp3) is 0.353. The SMILES string of the molecule is C=CCNC(=NCc1nnc(C)n1C)NC(C)c1ccc(Cl)cc1.I. The molecule has 8 heteroatoms. The Labute approximate surface area is 170 Å². The van der Waals surface area contributed by atoms with Crippen LogP contribution in [-0.2, 0) is 13.6 Å². The first-order valence-corrected chi connectivity index (χ1v) is 8.15. The molecule has 136 valence electrons.